The van der Waals surface area contributed by atoms with Crippen molar-refractivity contribution < 1.29 is 9.90 Å². The second kappa shape index (κ2) is 4.71. The SMILES string of the molecule is CC(C)c1nccn1Cc1ccsc1C(=O)O. The van der Waals surface area contributed by atoms with E-state index in [0.717, 1.165) is 11.4 Å². The summed E-state index contributed by atoms with van der Waals surface area (Å²) in [5.41, 5.74) is 0.836. The van der Waals surface area contributed by atoms with Crippen LogP contribution in [0.3, 0.4) is 0 Å². The van der Waals surface area contributed by atoms with E-state index in [1.807, 2.05) is 22.2 Å². The number of rotatable bonds is 4. The summed E-state index contributed by atoms with van der Waals surface area (Å²) in [6.45, 7) is 4.72. The predicted molar refractivity (Wildman–Crippen MR) is 66.7 cm³/mol. The summed E-state index contributed by atoms with van der Waals surface area (Å²) in [6.07, 6.45) is 3.64. The van der Waals surface area contributed by atoms with Gasteiger partial charge in [-0.25, -0.2) is 9.78 Å². The van der Waals surface area contributed by atoms with Gasteiger partial charge in [0.05, 0.1) is 6.54 Å². The first kappa shape index (κ1) is 11.9. The summed E-state index contributed by atoms with van der Waals surface area (Å²) in [7, 11) is 0. The van der Waals surface area contributed by atoms with E-state index in [4.69, 9.17) is 5.11 Å². The van der Waals surface area contributed by atoms with Crippen LogP contribution in [-0.4, -0.2) is 20.6 Å². The molecule has 17 heavy (non-hydrogen) atoms. The largest absolute Gasteiger partial charge is 0.477 e. The Labute approximate surface area is 104 Å². The zero-order valence-corrected chi connectivity index (χ0v) is 10.6. The molecule has 0 aliphatic rings. The highest BCUT2D eigenvalue weighted by atomic mass is 32.1. The molecule has 5 heteroatoms. The number of carbonyl (C=O) groups is 1. The Hall–Kier alpha value is -1.62. The maximum Gasteiger partial charge on any atom is 0.346 e. The van der Waals surface area contributed by atoms with E-state index in [1.54, 1.807) is 6.20 Å². The molecular formula is C12H14N2O2S. The molecular weight excluding hydrogens is 236 g/mol. The summed E-state index contributed by atoms with van der Waals surface area (Å²) in [4.78, 5) is 15.7. The molecule has 2 heterocycles. The molecule has 0 saturated carbocycles. The Morgan fingerprint density at radius 2 is 2.35 bits per heavy atom. The first-order valence-electron chi connectivity index (χ1n) is 5.40. The van der Waals surface area contributed by atoms with Crippen LogP contribution >= 0.6 is 11.3 Å². The van der Waals surface area contributed by atoms with E-state index in [9.17, 15) is 4.79 Å². The average Bonchev–Trinajstić information content (AvgIpc) is 2.86. The van der Waals surface area contributed by atoms with Crippen molar-refractivity contribution in [3.05, 3.63) is 40.1 Å². The lowest BCUT2D eigenvalue weighted by atomic mass is 10.2. The smallest absolute Gasteiger partial charge is 0.346 e. The molecule has 1 N–H and O–H groups in total. The third-order valence-electron chi connectivity index (χ3n) is 2.55. The molecule has 0 fully saturated rings. The van der Waals surface area contributed by atoms with Crippen molar-refractivity contribution in [2.45, 2.75) is 26.3 Å². The van der Waals surface area contributed by atoms with E-state index in [1.165, 1.54) is 11.3 Å². The van der Waals surface area contributed by atoms with Crippen molar-refractivity contribution in [1.82, 2.24) is 9.55 Å². The van der Waals surface area contributed by atoms with Gasteiger partial charge in [0.25, 0.3) is 0 Å². The fourth-order valence-electron chi connectivity index (χ4n) is 1.79. The first-order valence-corrected chi connectivity index (χ1v) is 6.28. The van der Waals surface area contributed by atoms with Gasteiger partial charge in [-0.2, -0.15) is 0 Å². The lowest BCUT2D eigenvalue weighted by Crippen LogP contribution is -2.08. The molecule has 0 radical (unpaired) electrons. The van der Waals surface area contributed by atoms with Gasteiger partial charge in [0.2, 0.25) is 0 Å². The highest BCUT2D eigenvalue weighted by molar-refractivity contribution is 7.12. The van der Waals surface area contributed by atoms with Gasteiger partial charge in [0.1, 0.15) is 10.7 Å². The minimum absolute atomic E-state index is 0.330. The van der Waals surface area contributed by atoms with Gasteiger partial charge >= 0.3 is 5.97 Å². The quantitative estimate of drug-likeness (QED) is 0.907. The van der Waals surface area contributed by atoms with Crippen molar-refractivity contribution in [3.63, 3.8) is 0 Å². The monoisotopic (exact) mass is 250 g/mol. The number of carboxylic acid groups (broad SMARTS) is 1. The van der Waals surface area contributed by atoms with E-state index in [0.29, 0.717) is 17.3 Å². The van der Waals surface area contributed by atoms with Crippen LogP contribution in [0.2, 0.25) is 0 Å². The summed E-state index contributed by atoms with van der Waals surface area (Å²) in [5.74, 6) is 0.450. The highest BCUT2D eigenvalue weighted by Crippen LogP contribution is 2.20. The summed E-state index contributed by atoms with van der Waals surface area (Å²) < 4.78 is 2.00. The third-order valence-corrected chi connectivity index (χ3v) is 3.49. The summed E-state index contributed by atoms with van der Waals surface area (Å²) >= 11 is 1.26. The number of imidazole rings is 1. The summed E-state index contributed by atoms with van der Waals surface area (Å²) in [6, 6.07) is 1.86. The van der Waals surface area contributed by atoms with Crippen molar-refractivity contribution in [3.8, 4) is 0 Å². The number of aromatic carboxylic acids is 1. The third kappa shape index (κ3) is 2.39. The number of carboxylic acids is 1. The predicted octanol–water partition coefficient (Wildman–Crippen LogP) is 2.81. The minimum atomic E-state index is -0.860. The van der Waals surface area contributed by atoms with E-state index in [-0.39, 0.29) is 0 Å². The Morgan fingerprint density at radius 1 is 1.59 bits per heavy atom. The van der Waals surface area contributed by atoms with E-state index < -0.39 is 5.97 Å². The fraction of sp³-hybridized carbons (Fsp3) is 0.333. The van der Waals surface area contributed by atoms with Crippen LogP contribution in [0.5, 0.6) is 0 Å². The van der Waals surface area contributed by atoms with Crippen LogP contribution in [0.4, 0.5) is 0 Å². The topological polar surface area (TPSA) is 55.1 Å². The Morgan fingerprint density at radius 3 is 3.00 bits per heavy atom. The molecule has 0 aliphatic heterocycles. The van der Waals surface area contributed by atoms with Crippen molar-refractivity contribution in [1.29, 1.82) is 0 Å². The first-order chi connectivity index (χ1) is 8.09. The molecule has 0 aliphatic carbocycles. The van der Waals surface area contributed by atoms with Crippen LogP contribution in [-0.2, 0) is 6.54 Å². The van der Waals surface area contributed by atoms with Crippen molar-refractivity contribution in [2.75, 3.05) is 0 Å². The second-order valence-electron chi connectivity index (χ2n) is 4.15. The lowest BCUT2D eigenvalue weighted by molar-refractivity contribution is 0.0701. The molecule has 0 spiro atoms. The minimum Gasteiger partial charge on any atom is -0.477 e. The molecule has 0 unspecified atom stereocenters. The van der Waals surface area contributed by atoms with E-state index >= 15 is 0 Å². The highest BCUT2D eigenvalue weighted by Gasteiger charge is 2.14. The molecule has 90 valence electrons. The molecule has 0 atom stereocenters. The van der Waals surface area contributed by atoms with Gasteiger partial charge < -0.3 is 9.67 Å². The standard InChI is InChI=1S/C12H14N2O2S/c1-8(2)11-13-4-5-14(11)7-9-3-6-17-10(9)12(15)16/h3-6,8H,7H2,1-2H3,(H,15,16). The lowest BCUT2D eigenvalue weighted by Gasteiger charge is -2.09. The number of aromatic nitrogens is 2. The van der Waals surface area contributed by atoms with Crippen LogP contribution in [0.1, 0.15) is 40.8 Å². The molecule has 2 aromatic heterocycles. The van der Waals surface area contributed by atoms with Crippen LogP contribution in [0.15, 0.2) is 23.8 Å². The molecule has 2 aromatic rings. The Kier molecular flexibility index (Phi) is 3.28. The van der Waals surface area contributed by atoms with E-state index in [2.05, 4.69) is 18.8 Å². The van der Waals surface area contributed by atoms with Gasteiger partial charge in [0.15, 0.2) is 0 Å². The Balaban J connectivity index is 2.29. The van der Waals surface area contributed by atoms with Gasteiger partial charge in [-0.1, -0.05) is 13.8 Å². The van der Waals surface area contributed by atoms with Gasteiger partial charge in [0, 0.05) is 18.3 Å². The van der Waals surface area contributed by atoms with Crippen molar-refractivity contribution in [2.24, 2.45) is 0 Å². The molecule has 0 saturated heterocycles. The van der Waals surface area contributed by atoms with Crippen LogP contribution in [0.25, 0.3) is 0 Å². The summed E-state index contributed by atoms with van der Waals surface area (Å²) in [5, 5.41) is 10.9. The molecule has 2 rings (SSSR count). The van der Waals surface area contributed by atoms with Gasteiger partial charge in [-0.05, 0) is 17.0 Å². The fourth-order valence-corrected chi connectivity index (χ4v) is 2.54. The number of hydrogen-bond acceptors (Lipinski definition) is 3. The van der Waals surface area contributed by atoms with Crippen LogP contribution in [0, 0.1) is 0 Å². The van der Waals surface area contributed by atoms with Gasteiger partial charge in [-0.15, -0.1) is 11.3 Å². The second-order valence-corrected chi connectivity index (χ2v) is 5.06. The molecule has 0 amide bonds. The Bertz CT molecular complexity index is 528. The maximum absolute atomic E-state index is 11.0. The van der Waals surface area contributed by atoms with Crippen LogP contribution < -0.4 is 0 Å². The van der Waals surface area contributed by atoms with Crippen molar-refractivity contribution >= 4 is 17.3 Å². The zero-order valence-electron chi connectivity index (χ0n) is 9.75. The maximum atomic E-state index is 11.0. The number of nitrogens with zero attached hydrogens (tertiary/aromatic N) is 2. The molecule has 0 aromatic carbocycles. The number of thiophene rings is 1. The molecule has 0 bridgehead atoms. The number of hydrogen-bond donors (Lipinski definition) is 1. The molecule has 4 nitrogen and oxygen atoms in total. The zero-order chi connectivity index (χ0) is 12.4. The van der Waals surface area contributed by atoms with Gasteiger partial charge in [-0.3, -0.25) is 0 Å². The normalized spacial score (nSPS) is 11.0. The average molecular weight is 250 g/mol.